The Kier molecular flexibility index (Phi) is 4.54. The summed E-state index contributed by atoms with van der Waals surface area (Å²) in [5, 5.41) is 9.19. The van der Waals surface area contributed by atoms with Crippen molar-refractivity contribution in [1.82, 2.24) is 9.80 Å². The maximum atomic E-state index is 12.0. The first-order chi connectivity index (χ1) is 7.06. The minimum absolute atomic E-state index is 0.0388. The van der Waals surface area contributed by atoms with Crippen LogP contribution in [-0.4, -0.2) is 60.6 Å². The molecule has 88 valence electrons. The number of amides is 1. The Hall–Kier alpha value is -0.610. The number of rotatable bonds is 3. The van der Waals surface area contributed by atoms with E-state index in [2.05, 4.69) is 11.9 Å². The van der Waals surface area contributed by atoms with Crippen LogP contribution < -0.4 is 0 Å². The zero-order chi connectivity index (χ0) is 11.4. The number of hydrogen-bond donors (Lipinski definition) is 1. The SMILES string of the molecule is CC(C)C(CO)C(=O)N1CCN(C)CC1. The first kappa shape index (κ1) is 12.5. The maximum Gasteiger partial charge on any atom is 0.228 e. The van der Waals surface area contributed by atoms with Gasteiger partial charge in [0, 0.05) is 26.2 Å². The Morgan fingerprint density at radius 1 is 1.27 bits per heavy atom. The summed E-state index contributed by atoms with van der Waals surface area (Å²) in [5.41, 5.74) is 0. The average Bonchev–Trinajstić information content (AvgIpc) is 2.19. The fourth-order valence-electron chi connectivity index (χ4n) is 1.84. The van der Waals surface area contributed by atoms with Gasteiger partial charge in [-0.25, -0.2) is 0 Å². The molecule has 0 saturated carbocycles. The van der Waals surface area contributed by atoms with E-state index in [4.69, 9.17) is 0 Å². The number of carbonyl (C=O) groups is 1. The lowest BCUT2D eigenvalue weighted by Gasteiger charge is -2.35. The Labute approximate surface area is 91.9 Å². The molecule has 0 aliphatic carbocycles. The molecule has 1 heterocycles. The summed E-state index contributed by atoms with van der Waals surface area (Å²) in [6, 6.07) is 0. The van der Waals surface area contributed by atoms with Gasteiger partial charge in [-0.15, -0.1) is 0 Å². The standard InChI is InChI=1S/C11H22N2O2/c1-9(2)10(8-14)11(15)13-6-4-12(3)5-7-13/h9-10,14H,4-8H2,1-3H3. The minimum Gasteiger partial charge on any atom is -0.396 e. The molecule has 4 heteroatoms. The molecule has 15 heavy (non-hydrogen) atoms. The molecule has 1 saturated heterocycles. The van der Waals surface area contributed by atoms with E-state index in [0.29, 0.717) is 0 Å². The third-order valence-corrected chi connectivity index (χ3v) is 3.13. The quantitative estimate of drug-likeness (QED) is 0.720. The van der Waals surface area contributed by atoms with E-state index >= 15 is 0 Å². The summed E-state index contributed by atoms with van der Waals surface area (Å²) in [6.07, 6.45) is 0. The van der Waals surface area contributed by atoms with Crippen LogP contribution in [0.15, 0.2) is 0 Å². The molecule has 0 aromatic heterocycles. The third-order valence-electron chi connectivity index (χ3n) is 3.13. The fourth-order valence-corrected chi connectivity index (χ4v) is 1.84. The summed E-state index contributed by atoms with van der Waals surface area (Å²) in [4.78, 5) is 16.1. The molecule has 4 nitrogen and oxygen atoms in total. The van der Waals surface area contributed by atoms with Crippen molar-refractivity contribution < 1.29 is 9.90 Å². The van der Waals surface area contributed by atoms with Crippen LogP contribution in [0.2, 0.25) is 0 Å². The van der Waals surface area contributed by atoms with Crippen molar-refractivity contribution in [2.24, 2.45) is 11.8 Å². The monoisotopic (exact) mass is 214 g/mol. The molecule has 1 rings (SSSR count). The van der Waals surface area contributed by atoms with E-state index in [-0.39, 0.29) is 24.3 Å². The molecule has 1 aliphatic heterocycles. The van der Waals surface area contributed by atoms with Crippen LogP contribution in [0.1, 0.15) is 13.8 Å². The second-order valence-corrected chi connectivity index (χ2v) is 4.66. The first-order valence-electron chi connectivity index (χ1n) is 5.64. The van der Waals surface area contributed by atoms with Crippen LogP contribution in [-0.2, 0) is 4.79 Å². The largest absolute Gasteiger partial charge is 0.396 e. The van der Waals surface area contributed by atoms with Crippen LogP contribution in [0, 0.1) is 11.8 Å². The van der Waals surface area contributed by atoms with Gasteiger partial charge in [0.05, 0.1) is 12.5 Å². The van der Waals surface area contributed by atoms with E-state index in [1.54, 1.807) is 0 Å². The highest BCUT2D eigenvalue weighted by Gasteiger charge is 2.27. The Morgan fingerprint density at radius 2 is 1.80 bits per heavy atom. The van der Waals surface area contributed by atoms with Gasteiger partial charge in [0.1, 0.15) is 0 Å². The molecule has 1 amide bonds. The first-order valence-corrected chi connectivity index (χ1v) is 5.64. The van der Waals surface area contributed by atoms with Crippen molar-refractivity contribution in [3.63, 3.8) is 0 Å². The normalized spacial score (nSPS) is 20.7. The van der Waals surface area contributed by atoms with E-state index in [1.165, 1.54) is 0 Å². The van der Waals surface area contributed by atoms with Gasteiger partial charge in [-0.3, -0.25) is 4.79 Å². The zero-order valence-corrected chi connectivity index (χ0v) is 9.94. The number of carbonyl (C=O) groups excluding carboxylic acids is 1. The van der Waals surface area contributed by atoms with Gasteiger partial charge in [-0.1, -0.05) is 13.8 Å². The number of hydrogen-bond acceptors (Lipinski definition) is 3. The molecule has 1 unspecified atom stereocenters. The van der Waals surface area contributed by atoms with E-state index in [1.807, 2.05) is 18.7 Å². The van der Waals surface area contributed by atoms with Crippen molar-refractivity contribution >= 4 is 5.91 Å². The molecule has 0 aromatic carbocycles. The van der Waals surface area contributed by atoms with Crippen LogP contribution >= 0.6 is 0 Å². The van der Waals surface area contributed by atoms with E-state index < -0.39 is 0 Å². The smallest absolute Gasteiger partial charge is 0.228 e. The lowest BCUT2D eigenvalue weighted by atomic mass is 9.95. The number of nitrogens with zero attached hydrogens (tertiary/aromatic N) is 2. The molecule has 0 aromatic rings. The van der Waals surface area contributed by atoms with Gasteiger partial charge in [-0.05, 0) is 13.0 Å². The lowest BCUT2D eigenvalue weighted by Crippen LogP contribution is -2.50. The zero-order valence-electron chi connectivity index (χ0n) is 9.94. The summed E-state index contributed by atoms with van der Waals surface area (Å²) in [5.74, 6) is 0.0937. The molecule has 0 bridgehead atoms. The van der Waals surface area contributed by atoms with Crippen LogP contribution in [0.4, 0.5) is 0 Å². The number of aliphatic hydroxyl groups excluding tert-OH is 1. The second-order valence-electron chi connectivity index (χ2n) is 4.66. The number of piperazine rings is 1. The molecule has 1 N–H and O–H groups in total. The molecule has 0 spiro atoms. The van der Waals surface area contributed by atoms with Crippen molar-refractivity contribution in [2.45, 2.75) is 13.8 Å². The van der Waals surface area contributed by atoms with Crippen molar-refractivity contribution in [1.29, 1.82) is 0 Å². The Morgan fingerprint density at radius 3 is 2.20 bits per heavy atom. The number of likely N-dealkylation sites (N-methyl/N-ethyl adjacent to an activating group) is 1. The predicted molar refractivity (Wildman–Crippen MR) is 59.5 cm³/mol. The van der Waals surface area contributed by atoms with Crippen molar-refractivity contribution in [3.05, 3.63) is 0 Å². The van der Waals surface area contributed by atoms with Crippen LogP contribution in [0.3, 0.4) is 0 Å². The Bertz CT molecular complexity index is 211. The van der Waals surface area contributed by atoms with E-state index in [9.17, 15) is 9.90 Å². The summed E-state index contributed by atoms with van der Waals surface area (Å²) >= 11 is 0. The Balaban J connectivity index is 2.52. The van der Waals surface area contributed by atoms with Crippen molar-refractivity contribution in [3.8, 4) is 0 Å². The molecule has 1 aliphatic rings. The topological polar surface area (TPSA) is 43.8 Å². The van der Waals surface area contributed by atoms with Crippen LogP contribution in [0.5, 0.6) is 0 Å². The highest BCUT2D eigenvalue weighted by molar-refractivity contribution is 5.79. The minimum atomic E-state index is -0.228. The summed E-state index contributed by atoms with van der Waals surface area (Å²) in [7, 11) is 2.06. The van der Waals surface area contributed by atoms with Gasteiger partial charge in [-0.2, -0.15) is 0 Å². The van der Waals surface area contributed by atoms with Gasteiger partial charge in [0.25, 0.3) is 0 Å². The average molecular weight is 214 g/mol. The molecule has 0 radical (unpaired) electrons. The van der Waals surface area contributed by atoms with Gasteiger partial charge in [0.15, 0.2) is 0 Å². The highest BCUT2D eigenvalue weighted by atomic mass is 16.3. The van der Waals surface area contributed by atoms with Gasteiger partial charge in [0.2, 0.25) is 5.91 Å². The van der Waals surface area contributed by atoms with Gasteiger partial charge < -0.3 is 14.9 Å². The molecular weight excluding hydrogens is 192 g/mol. The second kappa shape index (κ2) is 5.47. The third kappa shape index (κ3) is 3.18. The molecular formula is C11H22N2O2. The molecule has 1 fully saturated rings. The van der Waals surface area contributed by atoms with Crippen LogP contribution in [0.25, 0.3) is 0 Å². The van der Waals surface area contributed by atoms with E-state index in [0.717, 1.165) is 26.2 Å². The summed E-state index contributed by atoms with van der Waals surface area (Å²) in [6.45, 7) is 7.37. The summed E-state index contributed by atoms with van der Waals surface area (Å²) < 4.78 is 0. The van der Waals surface area contributed by atoms with Crippen molar-refractivity contribution in [2.75, 3.05) is 39.8 Å². The maximum absolute atomic E-state index is 12.0. The molecule has 1 atom stereocenters. The fraction of sp³-hybridized carbons (Fsp3) is 0.909. The highest BCUT2D eigenvalue weighted by Crippen LogP contribution is 2.14. The predicted octanol–water partition coefficient (Wildman–Crippen LogP) is 0.0249. The lowest BCUT2D eigenvalue weighted by molar-refractivity contribution is -0.140. The van der Waals surface area contributed by atoms with Gasteiger partial charge >= 0.3 is 0 Å². The number of aliphatic hydroxyl groups is 1.